The lowest BCUT2D eigenvalue weighted by molar-refractivity contribution is 0.284. The number of hydrogen-bond donors (Lipinski definition) is 1. The van der Waals surface area contributed by atoms with Crippen LogP contribution in [0.15, 0.2) is 29.1 Å². The molecule has 2 heterocycles. The molecule has 2 aliphatic rings. The zero-order valence-electron chi connectivity index (χ0n) is 12.7. The normalized spacial score (nSPS) is 18.8. The van der Waals surface area contributed by atoms with Crippen LogP contribution >= 0.6 is 0 Å². The monoisotopic (exact) mass is 307 g/mol. The first kappa shape index (κ1) is 13.0. The van der Waals surface area contributed by atoms with Crippen molar-refractivity contribution >= 4 is 5.78 Å². The minimum Gasteiger partial charge on any atom is -0.267 e. The van der Waals surface area contributed by atoms with Gasteiger partial charge in [0.2, 0.25) is 0 Å². The van der Waals surface area contributed by atoms with Gasteiger partial charge in [0.25, 0.3) is 11.3 Å². The fourth-order valence-electron chi connectivity index (χ4n) is 4.47. The van der Waals surface area contributed by atoms with E-state index in [0.717, 1.165) is 36.1 Å². The fraction of sp³-hybridized carbons (Fsp3) is 0.412. The maximum absolute atomic E-state index is 13.1. The maximum atomic E-state index is 13.1. The predicted octanol–water partition coefficient (Wildman–Crippen LogP) is 2.24. The highest BCUT2D eigenvalue weighted by atomic mass is 16.1. The van der Waals surface area contributed by atoms with E-state index in [4.69, 9.17) is 0 Å². The van der Waals surface area contributed by atoms with Gasteiger partial charge >= 0.3 is 0 Å². The number of aromatic amines is 1. The Hall–Kier alpha value is -2.50. The number of H-pyrrole nitrogens is 1. The van der Waals surface area contributed by atoms with E-state index in [1.54, 1.807) is 0 Å². The van der Waals surface area contributed by atoms with Crippen LogP contribution in [-0.4, -0.2) is 25.0 Å². The lowest BCUT2D eigenvalue weighted by atomic mass is 9.62. The molecule has 2 aromatic heterocycles. The van der Waals surface area contributed by atoms with Crippen LogP contribution in [0.4, 0.5) is 0 Å². The van der Waals surface area contributed by atoms with Crippen LogP contribution in [0.25, 0.3) is 17.0 Å². The summed E-state index contributed by atoms with van der Waals surface area (Å²) in [6.07, 6.45) is 6.63. The molecule has 0 saturated heterocycles. The number of nitrogens with zero attached hydrogens (tertiary/aromatic N) is 4. The Kier molecular flexibility index (Phi) is 2.54. The highest BCUT2D eigenvalue weighted by molar-refractivity contribution is 5.72. The summed E-state index contributed by atoms with van der Waals surface area (Å²) in [5, 5.41) is 10.4. The molecule has 1 aromatic carbocycles. The SMILES string of the molecule is O=c1c2c(nc3nn[nH]n13)-c1ccccc1CC21CCCCC1. The second-order valence-corrected chi connectivity index (χ2v) is 6.75. The second kappa shape index (κ2) is 4.50. The molecule has 23 heavy (non-hydrogen) atoms. The molecule has 116 valence electrons. The van der Waals surface area contributed by atoms with Gasteiger partial charge < -0.3 is 0 Å². The van der Waals surface area contributed by atoms with Crippen LogP contribution in [0.2, 0.25) is 0 Å². The fourth-order valence-corrected chi connectivity index (χ4v) is 4.47. The molecular weight excluding hydrogens is 290 g/mol. The van der Waals surface area contributed by atoms with Crippen molar-refractivity contribution in [2.75, 3.05) is 0 Å². The standard InChI is InChI=1S/C17H17N5O/c23-15-13-14(18-16-19-20-21-22(15)16)12-7-3-2-6-11(12)10-17(13)8-4-1-5-9-17/h2-3,6-7H,1,4-5,8-10H2,(H,18,19,21). The summed E-state index contributed by atoms with van der Waals surface area (Å²) in [6.45, 7) is 0. The van der Waals surface area contributed by atoms with Crippen molar-refractivity contribution in [1.29, 1.82) is 0 Å². The summed E-state index contributed by atoms with van der Waals surface area (Å²) in [5.41, 5.74) is 3.92. The van der Waals surface area contributed by atoms with E-state index in [0.29, 0.717) is 5.78 Å². The van der Waals surface area contributed by atoms with Gasteiger partial charge in [-0.05, 0) is 30.0 Å². The van der Waals surface area contributed by atoms with Gasteiger partial charge in [-0.25, -0.2) is 4.98 Å². The first-order valence-corrected chi connectivity index (χ1v) is 8.21. The average molecular weight is 307 g/mol. The summed E-state index contributed by atoms with van der Waals surface area (Å²) < 4.78 is 1.38. The van der Waals surface area contributed by atoms with Crippen molar-refractivity contribution in [3.8, 4) is 11.3 Å². The second-order valence-electron chi connectivity index (χ2n) is 6.75. The van der Waals surface area contributed by atoms with Crippen LogP contribution in [0.5, 0.6) is 0 Å². The van der Waals surface area contributed by atoms with E-state index in [2.05, 4.69) is 38.7 Å². The zero-order chi connectivity index (χ0) is 15.4. The predicted molar refractivity (Wildman–Crippen MR) is 85.3 cm³/mol. The third-order valence-corrected chi connectivity index (χ3v) is 5.49. The number of fused-ring (bicyclic) bond motifs is 5. The minimum atomic E-state index is -0.0850. The van der Waals surface area contributed by atoms with Crippen LogP contribution in [0, 0.1) is 0 Å². The molecule has 0 radical (unpaired) electrons. The molecule has 0 bridgehead atoms. The highest BCUT2D eigenvalue weighted by Crippen LogP contribution is 2.48. The molecule has 0 aliphatic heterocycles. The Labute approximate surface area is 132 Å². The molecule has 0 unspecified atom stereocenters. The Morgan fingerprint density at radius 2 is 1.96 bits per heavy atom. The molecule has 6 nitrogen and oxygen atoms in total. The molecule has 0 amide bonds. The lowest BCUT2D eigenvalue weighted by Gasteiger charge is -2.41. The number of aromatic nitrogens is 5. The van der Waals surface area contributed by atoms with Crippen LogP contribution in [0.3, 0.4) is 0 Å². The van der Waals surface area contributed by atoms with Crippen molar-refractivity contribution in [2.45, 2.75) is 43.9 Å². The van der Waals surface area contributed by atoms with Gasteiger partial charge in [0, 0.05) is 11.0 Å². The summed E-state index contributed by atoms with van der Waals surface area (Å²) in [5.74, 6) is 0.344. The molecular formula is C17H17N5O. The van der Waals surface area contributed by atoms with Crippen LogP contribution in [0.1, 0.15) is 43.2 Å². The van der Waals surface area contributed by atoms with Crippen molar-refractivity contribution in [2.24, 2.45) is 0 Å². The van der Waals surface area contributed by atoms with E-state index < -0.39 is 0 Å². The molecule has 6 heteroatoms. The van der Waals surface area contributed by atoms with E-state index in [1.807, 2.05) is 6.07 Å². The number of rotatable bonds is 0. The van der Waals surface area contributed by atoms with E-state index in [-0.39, 0.29) is 11.0 Å². The number of hydrogen-bond acceptors (Lipinski definition) is 4. The van der Waals surface area contributed by atoms with E-state index in [9.17, 15) is 4.79 Å². The Bertz CT molecular complexity index is 965. The molecule has 1 N–H and O–H groups in total. The molecule has 0 atom stereocenters. The molecule has 1 fully saturated rings. The van der Waals surface area contributed by atoms with Gasteiger partial charge in [-0.1, -0.05) is 48.6 Å². The van der Waals surface area contributed by atoms with Crippen LogP contribution < -0.4 is 5.56 Å². The average Bonchev–Trinajstić information content (AvgIpc) is 3.04. The minimum absolute atomic E-state index is 0.0357. The van der Waals surface area contributed by atoms with Gasteiger partial charge in [0.15, 0.2) is 0 Å². The van der Waals surface area contributed by atoms with Gasteiger partial charge in [-0.15, -0.1) is 0 Å². The zero-order valence-corrected chi connectivity index (χ0v) is 12.7. The van der Waals surface area contributed by atoms with Gasteiger partial charge in [-0.2, -0.15) is 9.73 Å². The number of tetrazole rings is 1. The third-order valence-electron chi connectivity index (χ3n) is 5.49. The Morgan fingerprint density at radius 3 is 2.83 bits per heavy atom. The molecule has 1 saturated carbocycles. The topological polar surface area (TPSA) is 75.9 Å². The Balaban J connectivity index is 1.90. The first-order valence-electron chi connectivity index (χ1n) is 8.21. The summed E-state index contributed by atoms with van der Waals surface area (Å²) in [4.78, 5) is 17.8. The smallest absolute Gasteiger partial charge is 0.267 e. The molecule has 5 rings (SSSR count). The lowest BCUT2D eigenvalue weighted by Crippen LogP contribution is -2.41. The summed E-state index contributed by atoms with van der Waals surface area (Å²) in [7, 11) is 0. The Morgan fingerprint density at radius 1 is 1.13 bits per heavy atom. The summed E-state index contributed by atoms with van der Waals surface area (Å²) in [6, 6.07) is 8.31. The van der Waals surface area contributed by atoms with Crippen molar-refractivity contribution in [3.63, 3.8) is 0 Å². The number of benzene rings is 1. The van der Waals surface area contributed by atoms with Gasteiger partial charge in [-0.3, -0.25) is 4.79 Å². The number of nitrogens with one attached hydrogen (secondary N) is 1. The van der Waals surface area contributed by atoms with E-state index >= 15 is 0 Å². The summed E-state index contributed by atoms with van der Waals surface area (Å²) >= 11 is 0. The molecule has 3 aromatic rings. The van der Waals surface area contributed by atoms with Gasteiger partial charge in [0.05, 0.1) is 11.3 Å². The van der Waals surface area contributed by atoms with Crippen LogP contribution in [-0.2, 0) is 11.8 Å². The first-order chi connectivity index (χ1) is 11.3. The maximum Gasteiger partial charge on any atom is 0.279 e. The van der Waals surface area contributed by atoms with Crippen molar-refractivity contribution in [1.82, 2.24) is 25.0 Å². The quantitative estimate of drug-likeness (QED) is 0.691. The van der Waals surface area contributed by atoms with E-state index in [1.165, 1.54) is 29.3 Å². The highest BCUT2D eigenvalue weighted by Gasteiger charge is 2.43. The van der Waals surface area contributed by atoms with Gasteiger partial charge in [0.1, 0.15) is 0 Å². The molecule has 2 aliphatic carbocycles. The largest absolute Gasteiger partial charge is 0.279 e. The molecule has 1 spiro atoms. The van der Waals surface area contributed by atoms with Crippen molar-refractivity contribution < 1.29 is 0 Å². The van der Waals surface area contributed by atoms with Crippen molar-refractivity contribution in [3.05, 3.63) is 45.7 Å². The third kappa shape index (κ3) is 1.69.